The molecule has 1 aromatic rings. The van der Waals surface area contributed by atoms with Crippen molar-refractivity contribution in [1.82, 2.24) is 10.1 Å². The molecule has 0 radical (unpaired) electrons. The normalized spacial score (nSPS) is 31.3. The second-order valence-corrected chi connectivity index (χ2v) is 6.04. The van der Waals surface area contributed by atoms with E-state index in [1.807, 2.05) is 0 Å². The quantitative estimate of drug-likeness (QED) is 0.832. The van der Waals surface area contributed by atoms with Crippen LogP contribution in [0.5, 0.6) is 0 Å². The van der Waals surface area contributed by atoms with Crippen LogP contribution in [-0.2, 0) is 10.3 Å². The molecule has 2 atom stereocenters. The van der Waals surface area contributed by atoms with E-state index < -0.39 is 5.54 Å². The molecule has 1 aromatic heterocycles. The lowest BCUT2D eigenvalue weighted by Gasteiger charge is -2.23. The molecule has 0 aromatic carbocycles. The summed E-state index contributed by atoms with van der Waals surface area (Å²) in [6.45, 7) is 2.08. The number of aromatic nitrogens is 2. The van der Waals surface area contributed by atoms with Crippen LogP contribution in [0.15, 0.2) is 4.52 Å². The van der Waals surface area contributed by atoms with Gasteiger partial charge in [-0.2, -0.15) is 4.98 Å². The Labute approximate surface area is 113 Å². The zero-order chi connectivity index (χ0) is 13.3. The average molecular weight is 265 g/mol. The monoisotopic (exact) mass is 265 g/mol. The van der Waals surface area contributed by atoms with E-state index in [4.69, 9.17) is 15.0 Å². The van der Waals surface area contributed by atoms with E-state index in [1.54, 1.807) is 0 Å². The number of nitrogens with two attached hydrogens (primary N) is 1. The maximum atomic E-state index is 6.49. The molecule has 0 bridgehead atoms. The SMILES string of the molecule is CC1CCC(c2nc(C3(N)CCCCCC3)no2)O1. The van der Waals surface area contributed by atoms with Crippen LogP contribution >= 0.6 is 0 Å². The largest absolute Gasteiger partial charge is 0.365 e. The van der Waals surface area contributed by atoms with E-state index in [2.05, 4.69) is 17.1 Å². The van der Waals surface area contributed by atoms with Crippen molar-refractivity contribution in [2.45, 2.75) is 76.0 Å². The molecular weight excluding hydrogens is 242 g/mol. The number of hydrogen-bond acceptors (Lipinski definition) is 5. The van der Waals surface area contributed by atoms with Crippen molar-refractivity contribution >= 4 is 0 Å². The van der Waals surface area contributed by atoms with E-state index in [0.29, 0.717) is 11.7 Å². The third kappa shape index (κ3) is 2.67. The Kier molecular flexibility index (Phi) is 3.58. The first-order valence-corrected chi connectivity index (χ1v) is 7.46. The molecule has 2 N–H and O–H groups in total. The van der Waals surface area contributed by atoms with Gasteiger partial charge < -0.3 is 15.0 Å². The summed E-state index contributed by atoms with van der Waals surface area (Å²) in [6, 6.07) is 0. The lowest BCUT2D eigenvalue weighted by atomic mass is 9.91. The van der Waals surface area contributed by atoms with Crippen LogP contribution in [-0.4, -0.2) is 16.2 Å². The van der Waals surface area contributed by atoms with Gasteiger partial charge in [0.2, 0.25) is 0 Å². The van der Waals surface area contributed by atoms with Gasteiger partial charge in [0.05, 0.1) is 11.6 Å². The summed E-state index contributed by atoms with van der Waals surface area (Å²) in [4.78, 5) is 4.54. The summed E-state index contributed by atoms with van der Waals surface area (Å²) in [5, 5.41) is 4.13. The fraction of sp³-hybridized carbons (Fsp3) is 0.857. The number of hydrogen-bond donors (Lipinski definition) is 1. The van der Waals surface area contributed by atoms with Gasteiger partial charge in [-0.1, -0.05) is 30.8 Å². The molecule has 2 fully saturated rings. The van der Waals surface area contributed by atoms with Crippen LogP contribution in [0.4, 0.5) is 0 Å². The Hall–Kier alpha value is -0.940. The minimum Gasteiger partial charge on any atom is -0.365 e. The predicted octanol–water partition coefficient (Wildman–Crippen LogP) is 2.82. The van der Waals surface area contributed by atoms with Crippen molar-refractivity contribution in [3.8, 4) is 0 Å². The maximum absolute atomic E-state index is 6.49. The molecule has 1 saturated carbocycles. The summed E-state index contributed by atoms with van der Waals surface area (Å²) < 4.78 is 11.2. The molecule has 106 valence electrons. The van der Waals surface area contributed by atoms with E-state index in [0.717, 1.165) is 38.5 Å². The van der Waals surface area contributed by atoms with Crippen molar-refractivity contribution in [3.63, 3.8) is 0 Å². The van der Waals surface area contributed by atoms with Crippen molar-refractivity contribution in [3.05, 3.63) is 11.7 Å². The molecular formula is C14H23N3O2. The van der Waals surface area contributed by atoms with Gasteiger partial charge in [-0.05, 0) is 32.6 Å². The summed E-state index contributed by atoms with van der Waals surface area (Å²) in [7, 11) is 0. The Morgan fingerprint density at radius 1 is 1.16 bits per heavy atom. The van der Waals surface area contributed by atoms with Gasteiger partial charge in [-0.25, -0.2) is 0 Å². The third-order valence-corrected chi connectivity index (χ3v) is 4.39. The van der Waals surface area contributed by atoms with Gasteiger partial charge in [0.1, 0.15) is 6.10 Å². The van der Waals surface area contributed by atoms with E-state index in [-0.39, 0.29) is 12.2 Å². The highest BCUT2D eigenvalue weighted by molar-refractivity contribution is 5.06. The molecule has 5 nitrogen and oxygen atoms in total. The Morgan fingerprint density at radius 2 is 1.89 bits per heavy atom. The van der Waals surface area contributed by atoms with Crippen molar-refractivity contribution in [2.24, 2.45) is 5.73 Å². The number of rotatable bonds is 2. The molecule has 2 unspecified atom stereocenters. The van der Waals surface area contributed by atoms with Crippen molar-refractivity contribution in [1.29, 1.82) is 0 Å². The summed E-state index contributed by atoms with van der Waals surface area (Å²) in [5.74, 6) is 1.28. The molecule has 0 amide bonds. The Morgan fingerprint density at radius 3 is 2.53 bits per heavy atom. The van der Waals surface area contributed by atoms with Gasteiger partial charge in [0.15, 0.2) is 5.82 Å². The van der Waals surface area contributed by atoms with Crippen LogP contribution in [0, 0.1) is 0 Å². The fourth-order valence-corrected chi connectivity index (χ4v) is 3.14. The zero-order valence-corrected chi connectivity index (χ0v) is 11.6. The predicted molar refractivity (Wildman–Crippen MR) is 70.4 cm³/mol. The summed E-state index contributed by atoms with van der Waals surface area (Å²) >= 11 is 0. The molecule has 19 heavy (non-hydrogen) atoms. The van der Waals surface area contributed by atoms with Gasteiger partial charge in [-0.3, -0.25) is 0 Å². The molecule has 0 spiro atoms. The molecule has 3 rings (SSSR count). The highest BCUT2D eigenvalue weighted by Gasteiger charge is 2.35. The van der Waals surface area contributed by atoms with Crippen LogP contribution in [0.3, 0.4) is 0 Å². The first kappa shape index (κ1) is 13.1. The Bertz CT molecular complexity index is 424. The molecule has 1 aliphatic heterocycles. The minimum absolute atomic E-state index is 0.0365. The fourth-order valence-electron chi connectivity index (χ4n) is 3.14. The van der Waals surface area contributed by atoms with Crippen LogP contribution in [0.25, 0.3) is 0 Å². The molecule has 5 heteroatoms. The lowest BCUT2D eigenvalue weighted by molar-refractivity contribution is 0.0355. The topological polar surface area (TPSA) is 74.2 Å². The highest BCUT2D eigenvalue weighted by atomic mass is 16.5. The first-order chi connectivity index (χ1) is 9.17. The van der Waals surface area contributed by atoms with Crippen LogP contribution in [0.2, 0.25) is 0 Å². The second kappa shape index (κ2) is 5.21. The molecule has 1 saturated heterocycles. The second-order valence-electron chi connectivity index (χ2n) is 6.04. The van der Waals surface area contributed by atoms with Gasteiger partial charge >= 0.3 is 0 Å². The van der Waals surface area contributed by atoms with E-state index in [1.165, 1.54) is 12.8 Å². The lowest BCUT2D eigenvalue weighted by Crippen LogP contribution is -2.37. The van der Waals surface area contributed by atoms with Crippen molar-refractivity contribution < 1.29 is 9.26 Å². The zero-order valence-electron chi connectivity index (χ0n) is 11.6. The van der Waals surface area contributed by atoms with E-state index >= 15 is 0 Å². The van der Waals surface area contributed by atoms with Crippen LogP contribution < -0.4 is 5.73 Å². The van der Waals surface area contributed by atoms with Gasteiger partial charge in [-0.15, -0.1) is 0 Å². The third-order valence-electron chi connectivity index (χ3n) is 4.39. The van der Waals surface area contributed by atoms with Gasteiger partial charge in [0.25, 0.3) is 5.89 Å². The minimum atomic E-state index is -0.400. The number of nitrogens with zero attached hydrogens (tertiary/aromatic N) is 2. The smallest absolute Gasteiger partial charge is 0.255 e. The summed E-state index contributed by atoms with van der Waals surface area (Å²) in [6.07, 6.45) is 8.97. The van der Waals surface area contributed by atoms with E-state index in [9.17, 15) is 0 Å². The van der Waals surface area contributed by atoms with Crippen LogP contribution in [0.1, 0.15) is 76.1 Å². The molecule has 2 heterocycles. The Balaban J connectivity index is 1.76. The summed E-state index contributed by atoms with van der Waals surface area (Å²) in [5.41, 5.74) is 6.09. The van der Waals surface area contributed by atoms with Gasteiger partial charge in [0, 0.05) is 0 Å². The highest BCUT2D eigenvalue weighted by Crippen LogP contribution is 2.35. The number of ether oxygens (including phenoxy) is 1. The van der Waals surface area contributed by atoms with Crippen molar-refractivity contribution in [2.75, 3.05) is 0 Å². The first-order valence-electron chi connectivity index (χ1n) is 7.46. The molecule has 2 aliphatic rings. The standard InChI is InChI=1S/C14H23N3O2/c1-10-6-7-11(18-10)12-16-13(17-19-12)14(15)8-4-2-3-5-9-14/h10-11H,2-9,15H2,1H3. The maximum Gasteiger partial charge on any atom is 0.255 e. The average Bonchev–Trinajstić information content (AvgIpc) is 2.97. The molecule has 1 aliphatic carbocycles.